The van der Waals surface area contributed by atoms with Gasteiger partial charge < -0.3 is 4.74 Å². The zero-order chi connectivity index (χ0) is 22.9. The van der Waals surface area contributed by atoms with E-state index in [1.165, 1.54) is 14.0 Å². The average Bonchev–Trinajstić information content (AvgIpc) is 2.73. The van der Waals surface area contributed by atoms with Crippen LogP contribution in [-0.2, 0) is 19.3 Å². The summed E-state index contributed by atoms with van der Waals surface area (Å²) in [4.78, 5) is 25.7. The molecule has 0 N–H and O–H groups in total. The highest BCUT2D eigenvalue weighted by molar-refractivity contribution is 9.10. The number of nitrogens with zero attached hydrogens (tertiary/aromatic N) is 2. The van der Waals surface area contributed by atoms with Crippen molar-refractivity contribution in [2.75, 3.05) is 7.11 Å². The van der Waals surface area contributed by atoms with Crippen LogP contribution in [0.3, 0.4) is 0 Å². The minimum Gasteiger partial charge on any atom is -0.497 e. The topological polar surface area (TPSA) is 53.2 Å². The van der Waals surface area contributed by atoms with E-state index in [4.69, 9.17) is 4.74 Å². The summed E-state index contributed by atoms with van der Waals surface area (Å²) in [5.41, 5.74) is -2.65. The van der Waals surface area contributed by atoms with E-state index >= 15 is 0 Å². The van der Waals surface area contributed by atoms with E-state index < -0.39 is 40.9 Å². The molecule has 0 aliphatic heterocycles. The Hall–Kier alpha value is -2.88. The molecular formula is C21H17BrF4N2O3. The minimum absolute atomic E-state index is 0.00510. The Morgan fingerprint density at radius 1 is 1.00 bits per heavy atom. The molecule has 10 heteroatoms. The molecule has 0 unspecified atom stereocenters. The summed E-state index contributed by atoms with van der Waals surface area (Å²) < 4.78 is 61.3. The van der Waals surface area contributed by atoms with Crippen molar-refractivity contribution in [2.45, 2.75) is 26.2 Å². The molecule has 5 nitrogen and oxygen atoms in total. The molecule has 0 spiro atoms. The van der Waals surface area contributed by atoms with Gasteiger partial charge in [0.05, 0.1) is 25.8 Å². The van der Waals surface area contributed by atoms with Crippen LogP contribution in [0, 0.1) is 12.7 Å². The molecule has 1 aromatic heterocycles. The van der Waals surface area contributed by atoms with Gasteiger partial charge in [0.15, 0.2) is 0 Å². The van der Waals surface area contributed by atoms with Crippen LogP contribution in [0.25, 0.3) is 0 Å². The lowest BCUT2D eigenvalue weighted by Crippen LogP contribution is -2.42. The van der Waals surface area contributed by atoms with Gasteiger partial charge >= 0.3 is 11.9 Å². The maximum atomic E-state index is 14.3. The van der Waals surface area contributed by atoms with Crippen LogP contribution < -0.4 is 16.0 Å². The Kier molecular flexibility index (Phi) is 6.40. The number of hydrogen-bond donors (Lipinski definition) is 0. The second-order valence-corrected chi connectivity index (χ2v) is 7.56. The Bertz CT molecular complexity index is 1230. The molecule has 0 bridgehead atoms. The van der Waals surface area contributed by atoms with Crippen LogP contribution in [0.5, 0.6) is 5.75 Å². The number of rotatable bonds is 5. The first-order valence-electron chi connectivity index (χ1n) is 9.01. The van der Waals surface area contributed by atoms with Gasteiger partial charge in [-0.2, -0.15) is 13.2 Å². The second kappa shape index (κ2) is 8.70. The van der Waals surface area contributed by atoms with E-state index in [-0.39, 0.29) is 16.7 Å². The van der Waals surface area contributed by atoms with Crippen molar-refractivity contribution in [3.63, 3.8) is 0 Å². The van der Waals surface area contributed by atoms with E-state index in [9.17, 15) is 27.2 Å². The Morgan fingerprint density at radius 3 is 2.23 bits per heavy atom. The predicted octanol–water partition coefficient (Wildman–Crippen LogP) is 4.34. The molecule has 3 aromatic rings. The molecule has 0 aliphatic rings. The highest BCUT2D eigenvalue weighted by atomic mass is 79.9. The van der Waals surface area contributed by atoms with E-state index in [2.05, 4.69) is 15.9 Å². The van der Waals surface area contributed by atoms with Crippen molar-refractivity contribution in [3.8, 4) is 5.75 Å². The van der Waals surface area contributed by atoms with E-state index in [1.54, 1.807) is 24.3 Å². The monoisotopic (exact) mass is 500 g/mol. The molecule has 0 radical (unpaired) electrons. The zero-order valence-electron chi connectivity index (χ0n) is 16.5. The molecule has 1 heterocycles. The van der Waals surface area contributed by atoms with E-state index in [0.717, 1.165) is 27.3 Å². The van der Waals surface area contributed by atoms with Gasteiger partial charge in [-0.05, 0) is 52.7 Å². The standard InChI is InChI=1S/C21H17BrF4N2O3/c1-12-18(22)19(29)28(10-13-6-8-14(31-2)9-7-13)20(30)27(12)11-15-16(21(24,25)26)4-3-5-17(15)23/h3-9H,10-11H2,1-2H3. The van der Waals surface area contributed by atoms with Gasteiger partial charge in [0.2, 0.25) is 0 Å². The summed E-state index contributed by atoms with van der Waals surface area (Å²) >= 11 is 3.11. The number of ether oxygens (including phenoxy) is 1. The van der Waals surface area contributed by atoms with Gasteiger partial charge in [0, 0.05) is 11.3 Å². The van der Waals surface area contributed by atoms with Gasteiger partial charge in [-0.3, -0.25) is 13.9 Å². The van der Waals surface area contributed by atoms with Crippen LogP contribution in [0.1, 0.15) is 22.4 Å². The van der Waals surface area contributed by atoms with Gasteiger partial charge in [0.25, 0.3) is 5.56 Å². The maximum Gasteiger partial charge on any atom is 0.416 e. The number of alkyl halides is 3. The average molecular weight is 501 g/mol. The van der Waals surface area contributed by atoms with Gasteiger partial charge in [-0.25, -0.2) is 9.18 Å². The van der Waals surface area contributed by atoms with Crippen molar-refractivity contribution in [3.05, 3.63) is 96.0 Å². The summed E-state index contributed by atoms with van der Waals surface area (Å²) in [7, 11) is 1.49. The lowest BCUT2D eigenvalue weighted by Gasteiger charge is -2.18. The van der Waals surface area contributed by atoms with Crippen LogP contribution in [0.4, 0.5) is 17.6 Å². The van der Waals surface area contributed by atoms with Crippen molar-refractivity contribution < 1.29 is 22.3 Å². The fraction of sp³-hybridized carbons (Fsp3) is 0.238. The highest BCUT2D eigenvalue weighted by Crippen LogP contribution is 2.33. The summed E-state index contributed by atoms with van der Waals surface area (Å²) in [5, 5.41) is 0. The number of methoxy groups -OCH3 is 1. The smallest absolute Gasteiger partial charge is 0.416 e. The highest BCUT2D eigenvalue weighted by Gasteiger charge is 2.34. The first kappa shape index (κ1) is 22.8. The van der Waals surface area contributed by atoms with Crippen LogP contribution >= 0.6 is 15.9 Å². The second-order valence-electron chi connectivity index (χ2n) is 6.77. The molecule has 164 valence electrons. The summed E-state index contributed by atoms with van der Waals surface area (Å²) in [6.45, 7) is 0.594. The minimum atomic E-state index is -4.80. The lowest BCUT2D eigenvalue weighted by atomic mass is 10.1. The quantitative estimate of drug-likeness (QED) is 0.489. The number of hydrogen-bond acceptors (Lipinski definition) is 3. The molecule has 0 saturated heterocycles. The Labute approximate surface area is 182 Å². The maximum absolute atomic E-state index is 14.3. The molecule has 0 fully saturated rings. The molecule has 2 aromatic carbocycles. The normalized spacial score (nSPS) is 11.6. The van der Waals surface area contributed by atoms with Crippen molar-refractivity contribution in [1.82, 2.24) is 9.13 Å². The Balaban J connectivity index is 2.13. The van der Waals surface area contributed by atoms with Crippen molar-refractivity contribution >= 4 is 15.9 Å². The first-order valence-corrected chi connectivity index (χ1v) is 9.81. The predicted molar refractivity (Wildman–Crippen MR) is 110 cm³/mol. The fourth-order valence-corrected chi connectivity index (χ4v) is 3.58. The molecule has 0 amide bonds. The molecule has 3 rings (SSSR count). The number of aromatic nitrogens is 2. The van der Waals surface area contributed by atoms with Crippen LogP contribution in [-0.4, -0.2) is 16.2 Å². The van der Waals surface area contributed by atoms with Crippen LogP contribution in [0.2, 0.25) is 0 Å². The van der Waals surface area contributed by atoms with Gasteiger partial charge in [-0.1, -0.05) is 18.2 Å². The van der Waals surface area contributed by atoms with Crippen molar-refractivity contribution in [2.24, 2.45) is 0 Å². The Morgan fingerprint density at radius 2 is 1.65 bits per heavy atom. The third-order valence-corrected chi connectivity index (χ3v) is 5.77. The molecule has 0 aliphatic carbocycles. The lowest BCUT2D eigenvalue weighted by molar-refractivity contribution is -0.138. The molecule has 31 heavy (non-hydrogen) atoms. The van der Waals surface area contributed by atoms with Crippen LogP contribution in [0.15, 0.2) is 56.5 Å². The van der Waals surface area contributed by atoms with E-state index in [0.29, 0.717) is 11.3 Å². The molecule has 0 atom stereocenters. The summed E-state index contributed by atoms with van der Waals surface area (Å²) in [6.07, 6.45) is -4.80. The molecule has 0 saturated carbocycles. The SMILES string of the molecule is COc1ccc(Cn2c(=O)c(Br)c(C)n(Cc3c(F)cccc3C(F)(F)F)c2=O)cc1. The van der Waals surface area contributed by atoms with Gasteiger partial charge in [0.1, 0.15) is 16.0 Å². The van der Waals surface area contributed by atoms with Gasteiger partial charge in [-0.15, -0.1) is 0 Å². The summed E-state index contributed by atoms with van der Waals surface area (Å²) in [5.74, 6) is -0.511. The first-order chi connectivity index (χ1) is 14.5. The number of benzene rings is 2. The molecular weight excluding hydrogens is 484 g/mol. The third-order valence-electron chi connectivity index (χ3n) is 4.86. The fourth-order valence-electron chi connectivity index (χ4n) is 3.15. The van der Waals surface area contributed by atoms with Crippen molar-refractivity contribution in [1.29, 1.82) is 0 Å². The number of halogens is 5. The third kappa shape index (κ3) is 4.58. The zero-order valence-corrected chi connectivity index (χ0v) is 18.1. The largest absolute Gasteiger partial charge is 0.497 e. The van der Waals surface area contributed by atoms with E-state index in [1.807, 2.05) is 0 Å². The summed E-state index contributed by atoms with van der Waals surface area (Å²) in [6, 6.07) is 9.21.